The first-order valence-corrected chi connectivity index (χ1v) is 6.73. The number of carboxylic acid groups (broad SMARTS) is 1. The van der Waals surface area contributed by atoms with Gasteiger partial charge in [0.05, 0.1) is 5.92 Å². The van der Waals surface area contributed by atoms with Gasteiger partial charge in [-0.15, -0.1) is 11.3 Å². The minimum Gasteiger partial charge on any atom is -0.481 e. The van der Waals surface area contributed by atoms with Crippen molar-refractivity contribution in [1.82, 2.24) is 10.3 Å². The van der Waals surface area contributed by atoms with Crippen molar-refractivity contribution in [3.8, 4) is 0 Å². The smallest absolute Gasteiger partial charge is 0.443 e. The predicted molar refractivity (Wildman–Crippen MR) is 63.3 cm³/mol. The number of carbonyl (C=O) groups is 2. The molecule has 1 fully saturated rings. The fourth-order valence-electron chi connectivity index (χ4n) is 2.18. The van der Waals surface area contributed by atoms with Gasteiger partial charge in [-0.05, 0) is 12.8 Å². The summed E-state index contributed by atoms with van der Waals surface area (Å²) in [5, 5.41) is 11.3. The minimum atomic E-state index is -4.58. The molecule has 2 rings (SSSR count). The van der Waals surface area contributed by atoms with Gasteiger partial charge >= 0.3 is 12.1 Å². The van der Waals surface area contributed by atoms with Crippen LogP contribution in [0.2, 0.25) is 0 Å². The average molecular weight is 308 g/mol. The summed E-state index contributed by atoms with van der Waals surface area (Å²) in [7, 11) is 0. The van der Waals surface area contributed by atoms with Crippen LogP contribution in [0.3, 0.4) is 0 Å². The molecule has 0 bridgehead atoms. The van der Waals surface area contributed by atoms with Gasteiger partial charge < -0.3 is 10.4 Å². The van der Waals surface area contributed by atoms with Gasteiger partial charge in [0, 0.05) is 11.4 Å². The lowest BCUT2D eigenvalue weighted by Crippen LogP contribution is -2.40. The first-order chi connectivity index (χ1) is 9.29. The van der Waals surface area contributed by atoms with Gasteiger partial charge in [0.15, 0.2) is 5.01 Å². The van der Waals surface area contributed by atoms with Crippen LogP contribution in [0.4, 0.5) is 13.2 Å². The van der Waals surface area contributed by atoms with Crippen LogP contribution in [0.5, 0.6) is 0 Å². The van der Waals surface area contributed by atoms with E-state index in [9.17, 15) is 22.8 Å². The number of hydrogen-bond donors (Lipinski definition) is 2. The predicted octanol–water partition coefficient (Wildman–Crippen LogP) is 2.15. The monoisotopic (exact) mass is 308 g/mol. The third-order valence-corrected chi connectivity index (χ3v) is 4.02. The first kappa shape index (κ1) is 14.8. The summed E-state index contributed by atoms with van der Waals surface area (Å²) in [4.78, 5) is 26.0. The van der Waals surface area contributed by atoms with E-state index in [0.717, 1.165) is 5.38 Å². The number of nitrogens with one attached hydrogen (secondary N) is 1. The quantitative estimate of drug-likeness (QED) is 0.896. The zero-order chi connectivity index (χ0) is 14.9. The summed E-state index contributed by atoms with van der Waals surface area (Å²) in [6.45, 7) is 0. The van der Waals surface area contributed by atoms with Gasteiger partial charge in [0.1, 0.15) is 5.69 Å². The molecule has 5 nitrogen and oxygen atoms in total. The molecule has 0 radical (unpaired) electrons. The highest BCUT2D eigenvalue weighted by Gasteiger charge is 2.37. The molecule has 1 heterocycles. The molecule has 1 aliphatic carbocycles. The summed E-state index contributed by atoms with van der Waals surface area (Å²) in [5.41, 5.74) is -0.335. The fraction of sp³-hybridized carbons (Fsp3) is 0.545. The number of amides is 1. The van der Waals surface area contributed by atoms with Crippen LogP contribution >= 0.6 is 11.3 Å². The molecule has 20 heavy (non-hydrogen) atoms. The molecular weight excluding hydrogens is 297 g/mol. The number of carboxylic acids is 1. The number of aromatic nitrogens is 1. The Kier molecular flexibility index (Phi) is 3.98. The van der Waals surface area contributed by atoms with Crippen LogP contribution in [0.15, 0.2) is 5.38 Å². The number of hydrogen-bond acceptors (Lipinski definition) is 4. The van der Waals surface area contributed by atoms with Crippen molar-refractivity contribution in [2.24, 2.45) is 5.92 Å². The molecule has 0 spiro atoms. The molecule has 1 amide bonds. The Bertz CT molecular complexity index is 529. The lowest BCUT2D eigenvalue weighted by molar-refractivity contribution is -0.142. The summed E-state index contributed by atoms with van der Waals surface area (Å²) in [5.74, 6) is -2.48. The summed E-state index contributed by atoms with van der Waals surface area (Å²) in [6.07, 6.45) is -2.98. The Morgan fingerprint density at radius 3 is 2.65 bits per heavy atom. The second kappa shape index (κ2) is 5.39. The Balaban J connectivity index is 2.05. The van der Waals surface area contributed by atoms with Crippen molar-refractivity contribution in [1.29, 1.82) is 0 Å². The van der Waals surface area contributed by atoms with Gasteiger partial charge in [-0.2, -0.15) is 13.2 Å². The van der Waals surface area contributed by atoms with Crippen molar-refractivity contribution in [2.75, 3.05) is 0 Å². The Labute approximate surface area is 115 Å². The van der Waals surface area contributed by atoms with Crippen LogP contribution in [-0.4, -0.2) is 28.0 Å². The Morgan fingerprint density at radius 2 is 2.10 bits per heavy atom. The summed E-state index contributed by atoms with van der Waals surface area (Å²) in [6, 6.07) is -0.559. The van der Waals surface area contributed by atoms with E-state index >= 15 is 0 Å². The molecule has 1 aliphatic rings. The van der Waals surface area contributed by atoms with Crippen LogP contribution in [0, 0.1) is 5.92 Å². The second-order valence-corrected chi connectivity index (χ2v) is 5.35. The van der Waals surface area contributed by atoms with Gasteiger partial charge in [-0.3, -0.25) is 9.59 Å². The maximum Gasteiger partial charge on any atom is 0.443 e. The number of carbonyl (C=O) groups excluding carboxylic acids is 1. The maximum atomic E-state index is 12.4. The topological polar surface area (TPSA) is 79.3 Å². The summed E-state index contributed by atoms with van der Waals surface area (Å²) < 4.78 is 37.1. The number of halogens is 3. The van der Waals surface area contributed by atoms with Gasteiger partial charge in [-0.1, -0.05) is 6.42 Å². The van der Waals surface area contributed by atoms with Crippen LogP contribution in [0.25, 0.3) is 0 Å². The molecule has 0 unspecified atom stereocenters. The molecule has 1 aromatic rings. The van der Waals surface area contributed by atoms with Crippen molar-refractivity contribution >= 4 is 23.2 Å². The zero-order valence-corrected chi connectivity index (χ0v) is 10.9. The van der Waals surface area contributed by atoms with E-state index in [0.29, 0.717) is 30.6 Å². The highest BCUT2D eigenvalue weighted by Crippen LogP contribution is 2.32. The SMILES string of the molecule is O=C(N[C@H]1CCC[C@H]1C(=O)O)c1csc(C(F)(F)F)n1. The third kappa shape index (κ3) is 3.09. The highest BCUT2D eigenvalue weighted by atomic mass is 32.1. The van der Waals surface area contributed by atoms with E-state index in [1.807, 2.05) is 0 Å². The Morgan fingerprint density at radius 1 is 1.40 bits per heavy atom. The van der Waals surface area contributed by atoms with Crippen molar-refractivity contribution in [2.45, 2.75) is 31.5 Å². The molecular formula is C11H11F3N2O3S. The Hall–Kier alpha value is -1.64. The molecule has 0 saturated heterocycles. The van der Waals surface area contributed by atoms with Crippen molar-refractivity contribution in [3.05, 3.63) is 16.1 Å². The van der Waals surface area contributed by atoms with Crippen LogP contribution in [0.1, 0.15) is 34.8 Å². The van der Waals surface area contributed by atoms with Crippen molar-refractivity contribution in [3.63, 3.8) is 0 Å². The molecule has 1 saturated carbocycles. The van der Waals surface area contributed by atoms with Gasteiger partial charge in [-0.25, -0.2) is 4.98 Å². The summed E-state index contributed by atoms with van der Waals surface area (Å²) >= 11 is 0.337. The maximum absolute atomic E-state index is 12.4. The fourth-order valence-corrected chi connectivity index (χ4v) is 2.85. The largest absolute Gasteiger partial charge is 0.481 e. The molecule has 2 N–H and O–H groups in total. The normalized spacial score (nSPS) is 22.8. The standard InChI is InChI=1S/C11H11F3N2O3S/c12-11(13,14)10-16-7(4-20-10)8(17)15-6-3-1-2-5(6)9(18)19/h4-6H,1-3H2,(H,15,17)(H,18,19)/t5-,6+/m1/s1. The molecule has 110 valence electrons. The first-order valence-electron chi connectivity index (χ1n) is 5.85. The van der Waals surface area contributed by atoms with E-state index in [4.69, 9.17) is 5.11 Å². The number of rotatable bonds is 3. The number of aliphatic carboxylic acids is 1. The molecule has 0 aromatic carbocycles. The van der Waals surface area contributed by atoms with E-state index in [1.165, 1.54) is 0 Å². The zero-order valence-electron chi connectivity index (χ0n) is 10.1. The molecule has 0 aliphatic heterocycles. The number of alkyl halides is 3. The highest BCUT2D eigenvalue weighted by molar-refractivity contribution is 7.09. The average Bonchev–Trinajstić information content (AvgIpc) is 2.95. The third-order valence-electron chi connectivity index (χ3n) is 3.13. The minimum absolute atomic E-state index is 0.335. The molecule has 2 atom stereocenters. The molecule has 9 heteroatoms. The van der Waals surface area contributed by atoms with E-state index in [-0.39, 0.29) is 5.69 Å². The second-order valence-electron chi connectivity index (χ2n) is 4.49. The molecule has 1 aromatic heterocycles. The van der Waals surface area contributed by atoms with E-state index in [1.54, 1.807) is 0 Å². The van der Waals surface area contributed by atoms with Gasteiger partial charge in [0.25, 0.3) is 5.91 Å². The van der Waals surface area contributed by atoms with E-state index in [2.05, 4.69) is 10.3 Å². The van der Waals surface area contributed by atoms with Crippen molar-refractivity contribution < 1.29 is 27.9 Å². The van der Waals surface area contributed by atoms with Crippen LogP contribution in [-0.2, 0) is 11.0 Å². The number of thiazole rings is 1. The van der Waals surface area contributed by atoms with Crippen LogP contribution < -0.4 is 5.32 Å². The lowest BCUT2D eigenvalue weighted by Gasteiger charge is -2.16. The lowest BCUT2D eigenvalue weighted by atomic mass is 10.0. The number of nitrogens with zero attached hydrogens (tertiary/aromatic N) is 1. The van der Waals surface area contributed by atoms with Gasteiger partial charge in [0.2, 0.25) is 0 Å². The van der Waals surface area contributed by atoms with E-state index < -0.39 is 35.0 Å².